The van der Waals surface area contributed by atoms with Gasteiger partial charge in [0.05, 0.1) is 0 Å². The van der Waals surface area contributed by atoms with Gasteiger partial charge in [-0.15, -0.1) is 13.2 Å². The highest BCUT2D eigenvalue weighted by atomic mass is 19.4. The van der Waals surface area contributed by atoms with E-state index in [1.165, 1.54) is 0 Å². The van der Waals surface area contributed by atoms with Gasteiger partial charge in [0, 0.05) is 5.69 Å². The van der Waals surface area contributed by atoms with Crippen molar-refractivity contribution >= 4 is 11.8 Å². The van der Waals surface area contributed by atoms with Gasteiger partial charge in [-0.25, -0.2) is 0 Å². The standard InChI is InChI=1S/C8H6F3NO3/c9-8(10,11)15-6-3-1-5(2-4-6)12-7(13)14/h1-4,12H,(H,13,14)/p-1. The minimum Gasteiger partial charge on any atom is -0.530 e. The van der Waals surface area contributed by atoms with Crippen LogP contribution < -0.4 is 15.2 Å². The Bertz CT molecular complexity index is 347. The first-order valence-corrected chi connectivity index (χ1v) is 3.70. The number of carbonyl (C=O) groups excluding carboxylic acids is 1. The number of ether oxygens (including phenoxy) is 1. The summed E-state index contributed by atoms with van der Waals surface area (Å²) in [6.07, 6.45) is -6.30. The number of amides is 1. The van der Waals surface area contributed by atoms with Crippen molar-refractivity contribution < 1.29 is 27.8 Å². The van der Waals surface area contributed by atoms with Gasteiger partial charge < -0.3 is 20.0 Å². The van der Waals surface area contributed by atoms with Gasteiger partial charge in [0.1, 0.15) is 11.8 Å². The molecular formula is C8H5F3NO3-. The van der Waals surface area contributed by atoms with E-state index in [1.807, 2.05) is 5.32 Å². The average molecular weight is 220 g/mol. The molecule has 1 amide bonds. The fourth-order valence-electron chi connectivity index (χ4n) is 0.858. The first-order chi connectivity index (χ1) is 6.87. The summed E-state index contributed by atoms with van der Waals surface area (Å²) in [4.78, 5) is 10.0. The fraction of sp³-hybridized carbons (Fsp3) is 0.125. The number of alkyl halides is 3. The molecule has 0 saturated heterocycles. The van der Waals surface area contributed by atoms with E-state index in [1.54, 1.807) is 0 Å². The van der Waals surface area contributed by atoms with Crippen molar-refractivity contribution in [3.63, 3.8) is 0 Å². The van der Waals surface area contributed by atoms with E-state index in [4.69, 9.17) is 0 Å². The molecule has 0 unspecified atom stereocenters. The van der Waals surface area contributed by atoms with E-state index < -0.39 is 18.2 Å². The molecule has 1 aromatic carbocycles. The highest BCUT2D eigenvalue weighted by molar-refractivity contribution is 5.81. The molecule has 0 aliphatic carbocycles. The van der Waals surface area contributed by atoms with Gasteiger partial charge >= 0.3 is 6.36 Å². The molecule has 0 radical (unpaired) electrons. The Labute approximate surface area is 82.3 Å². The largest absolute Gasteiger partial charge is 0.573 e. The van der Waals surface area contributed by atoms with Gasteiger partial charge in [0.25, 0.3) is 0 Å². The van der Waals surface area contributed by atoms with Gasteiger partial charge in [-0.05, 0) is 24.3 Å². The number of nitrogens with one attached hydrogen (secondary N) is 1. The zero-order chi connectivity index (χ0) is 11.5. The summed E-state index contributed by atoms with van der Waals surface area (Å²) < 4.78 is 38.7. The summed E-state index contributed by atoms with van der Waals surface area (Å²) in [7, 11) is 0. The van der Waals surface area contributed by atoms with Crippen LogP contribution >= 0.6 is 0 Å². The molecule has 1 rings (SSSR count). The zero-order valence-corrected chi connectivity index (χ0v) is 7.17. The SMILES string of the molecule is O=C([O-])Nc1ccc(OC(F)(F)F)cc1. The van der Waals surface area contributed by atoms with Gasteiger partial charge in [-0.3, -0.25) is 0 Å². The predicted octanol–water partition coefficient (Wildman–Crippen LogP) is 1.34. The molecule has 82 valence electrons. The van der Waals surface area contributed by atoms with E-state index in [2.05, 4.69) is 4.74 Å². The topological polar surface area (TPSA) is 61.4 Å². The van der Waals surface area contributed by atoms with Crippen LogP contribution in [-0.4, -0.2) is 12.5 Å². The molecule has 4 nitrogen and oxygen atoms in total. The number of carboxylic acid groups (broad SMARTS) is 1. The molecule has 0 saturated carbocycles. The minimum atomic E-state index is -4.76. The number of halogens is 3. The second kappa shape index (κ2) is 4.07. The normalized spacial score (nSPS) is 10.9. The summed E-state index contributed by atoms with van der Waals surface area (Å²) in [5.41, 5.74) is 0.101. The lowest BCUT2D eigenvalue weighted by atomic mass is 10.3. The predicted molar refractivity (Wildman–Crippen MR) is 42.1 cm³/mol. The highest BCUT2D eigenvalue weighted by Crippen LogP contribution is 2.23. The third-order valence-electron chi connectivity index (χ3n) is 1.33. The summed E-state index contributed by atoms with van der Waals surface area (Å²) in [5.74, 6) is -0.425. The summed E-state index contributed by atoms with van der Waals surface area (Å²) in [6, 6.07) is 4.21. The second-order valence-corrected chi connectivity index (χ2v) is 2.48. The third kappa shape index (κ3) is 4.21. The van der Waals surface area contributed by atoms with Crippen molar-refractivity contribution in [1.82, 2.24) is 0 Å². The van der Waals surface area contributed by atoms with Gasteiger partial charge in [0.15, 0.2) is 0 Å². The molecule has 0 atom stereocenters. The number of anilines is 1. The maximum atomic E-state index is 11.7. The third-order valence-corrected chi connectivity index (χ3v) is 1.33. The van der Waals surface area contributed by atoms with Gasteiger partial charge in [-0.1, -0.05) is 0 Å². The molecule has 1 aromatic rings. The maximum Gasteiger partial charge on any atom is 0.573 e. The molecule has 1 N–H and O–H groups in total. The van der Waals surface area contributed by atoms with Crippen LogP contribution in [0.5, 0.6) is 5.75 Å². The van der Waals surface area contributed by atoms with Crippen molar-refractivity contribution in [1.29, 1.82) is 0 Å². The number of rotatable bonds is 2. The number of hydrogen-bond donors (Lipinski definition) is 1. The second-order valence-electron chi connectivity index (χ2n) is 2.48. The first kappa shape index (κ1) is 11.2. The maximum absolute atomic E-state index is 11.7. The first-order valence-electron chi connectivity index (χ1n) is 3.70. The van der Waals surface area contributed by atoms with Crippen molar-refractivity contribution in [3.05, 3.63) is 24.3 Å². The fourth-order valence-corrected chi connectivity index (χ4v) is 0.858. The average Bonchev–Trinajstić information content (AvgIpc) is 2.05. The number of carbonyl (C=O) groups is 1. The summed E-state index contributed by atoms with van der Waals surface area (Å²) in [5, 5.41) is 11.9. The van der Waals surface area contributed by atoms with Crippen LogP contribution in [0.25, 0.3) is 0 Å². The van der Waals surface area contributed by atoms with Crippen LogP contribution in [-0.2, 0) is 0 Å². The van der Waals surface area contributed by atoms with E-state index in [0.29, 0.717) is 0 Å². The molecule has 7 heteroatoms. The Morgan fingerprint density at radius 1 is 1.27 bits per heavy atom. The van der Waals surface area contributed by atoms with Crippen LogP contribution in [0.2, 0.25) is 0 Å². The van der Waals surface area contributed by atoms with Crippen LogP contribution in [0.1, 0.15) is 0 Å². The Kier molecular flexibility index (Phi) is 3.03. The van der Waals surface area contributed by atoms with Crippen LogP contribution in [0.15, 0.2) is 24.3 Å². The lowest BCUT2D eigenvalue weighted by Gasteiger charge is -2.10. The Morgan fingerprint density at radius 3 is 2.20 bits per heavy atom. The van der Waals surface area contributed by atoms with Crippen molar-refractivity contribution in [2.75, 3.05) is 5.32 Å². The lowest BCUT2D eigenvalue weighted by molar-refractivity contribution is -0.274. The number of hydrogen-bond acceptors (Lipinski definition) is 3. The Balaban J connectivity index is 2.68. The molecule has 0 heterocycles. The zero-order valence-electron chi connectivity index (χ0n) is 7.17. The molecule has 15 heavy (non-hydrogen) atoms. The highest BCUT2D eigenvalue weighted by Gasteiger charge is 2.30. The molecule has 0 spiro atoms. The molecule has 0 aromatic heterocycles. The minimum absolute atomic E-state index is 0.101. The van der Waals surface area contributed by atoms with Gasteiger partial charge in [0.2, 0.25) is 0 Å². The smallest absolute Gasteiger partial charge is 0.530 e. The summed E-state index contributed by atoms with van der Waals surface area (Å²) in [6.45, 7) is 0. The van der Waals surface area contributed by atoms with Crippen molar-refractivity contribution in [2.45, 2.75) is 6.36 Å². The van der Waals surface area contributed by atoms with Gasteiger partial charge in [-0.2, -0.15) is 0 Å². The molecule has 0 bridgehead atoms. The lowest BCUT2D eigenvalue weighted by Crippen LogP contribution is -2.28. The van der Waals surface area contributed by atoms with E-state index >= 15 is 0 Å². The monoisotopic (exact) mass is 220 g/mol. The van der Waals surface area contributed by atoms with Crippen molar-refractivity contribution in [3.8, 4) is 5.75 Å². The van der Waals surface area contributed by atoms with Crippen LogP contribution in [0.3, 0.4) is 0 Å². The van der Waals surface area contributed by atoms with E-state index in [9.17, 15) is 23.1 Å². The van der Waals surface area contributed by atoms with Crippen molar-refractivity contribution in [2.24, 2.45) is 0 Å². The van der Waals surface area contributed by atoms with E-state index in [-0.39, 0.29) is 5.69 Å². The molecule has 0 aliphatic rings. The molecule has 0 fully saturated rings. The van der Waals surface area contributed by atoms with Crippen LogP contribution in [0.4, 0.5) is 23.7 Å². The Hall–Kier alpha value is -1.92. The van der Waals surface area contributed by atoms with E-state index in [0.717, 1.165) is 24.3 Å². The Morgan fingerprint density at radius 2 is 1.80 bits per heavy atom. The quantitative estimate of drug-likeness (QED) is 0.817. The summed E-state index contributed by atoms with van der Waals surface area (Å²) >= 11 is 0. The molecule has 0 aliphatic heterocycles. The van der Waals surface area contributed by atoms with Crippen LogP contribution in [0, 0.1) is 0 Å². The number of benzene rings is 1. The molecular weight excluding hydrogens is 215 g/mol.